The van der Waals surface area contributed by atoms with Gasteiger partial charge in [0.05, 0.1) is 31.9 Å². The van der Waals surface area contributed by atoms with Crippen LogP contribution in [-0.4, -0.2) is 73.1 Å². The van der Waals surface area contributed by atoms with Gasteiger partial charge in [-0.25, -0.2) is 0 Å². The third-order valence-corrected chi connectivity index (χ3v) is 4.88. The fraction of sp³-hybridized carbons (Fsp3) is 0.474. The van der Waals surface area contributed by atoms with E-state index in [0.717, 1.165) is 13.1 Å². The highest BCUT2D eigenvalue weighted by molar-refractivity contribution is 6.08. The summed E-state index contributed by atoms with van der Waals surface area (Å²) in [6, 6.07) is 6.62. The van der Waals surface area contributed by atoms with Gasteiger partial charge in [-0.05, 0) is 13.0 Å². The first-order valence-corrected chi connectivity index (χ1v) is 8.72. The number of amides is 1. The Morgan fingerprint density at radius 1 is 1.27 bits per heavy atom. The molecule has 2 aliphatic heterocycles. The number of ketones is 1. The molecule has 1 aromatic carbocycles. The number of carbonyl (C=O) groups excluding carboxylic acids is 2. The highest BCUT2D eigenvalue weighted by Gasteiger charge is 2.43. The first-order valence-electron chi connectivity index (χ1n) is 8.72. The Kier molecular flexibility index (Phi) is 5.58. The molecule has 0 aromatic heterocycles. The summed E-state index contributed by atoms with van der Waals surface area (Å²) in [6.45, 7) is 5.38. The van der Waals surface area contributed by atoms with Gasteiger partial charge < -0.3 is 19.5 Å². The minimum Gasteiger partial charge on any atom is -0.503 e. The lowest BCUT2D eigenvalue weighted by molar-refractivity contribution is -0.129. The van der Waals surface area contributed by atoms with Gasteiger partial charge in [-0.2, -0.15) is 0 Å². The molecule has 1 N–H and O–H groups in total. The molecule has 26 heavy (non-hydrogen) atoms. The molecule has 1 saturated heterocycles. The smallest absolute Gasteiger partial charge is 0.290 e. The molecule has 2 aliphatic rings. The molecule has 2 heterocycles. The number of Topliss-reactive ketones (excluding diaryl/α,β-unsaturated/α-hetero) is 1. The van der Waals surface area contributed by atoms with E-state index in [1.165, 1.54) is 6.92 Å². The standard InChI is InChI=1S/C19H24N2O5/c1-13(22)16-17(14-5-3-4-6-15(14)25-2)21(19(24)18(16)23)8-7-20-9-11-26-12-10-20/h3-6,17,23H,7-12H2,1-2H3. The fourth-order valence-corrected chi connectivity index (χ4v) is 3.53. The van der Waals surface area contributed by atoms with Crippen LogP contribution in [0.5, 0.6) is 5.75 Å². The second-order valence-electron chi connectivity index (χ2n) is 6.42. The Bertz CT molecular complexity index is 724. The molecule has 7 heteroatoms. The molecule has 0 saturated carbocycles. The van der Waals surface area contributed by atoms with Crippen LogP contribution < -0.4 is 4.74 Å². The first kappa shape index (κ1) is 18.4. The van der Waals surface area contributed by atoms with E-state index in [0.29, 0.717) is 37.6 Å². The largest absolute Gasteiger partial charge is 0.503 e. The number of hydrogen-bond acceptors (Lipinski definition) is 6. The highest BCUT2D eigenvalue weighted by atomic mass is 16.5. The predicted octanol–water partition coefficient (Wildman–Crippen LogP) is 1.31. The Balaban J connectivity index is 1.91. The van der Waals surface area contributed by atoms with Crippen molar-refractivity contribution in [3.63, 3.8) is 0 Å². The van der Waals surface area contributed by atoms with Crippen molar-refractivity contribution in [3.05, 3.63) is 41.2 Å². The normalized spacial score (nSPS) is 21.4. The predicted molar refractivity (Wildman–Crippen MR) is 95.0 cm³/mol. The lowest BCUT2D eigenvalue weighted by Gasteiger charge is -2.32. The van der Waals surface area contributed by atoms with Crippen molar-refractivity contribution in [1.82, 2.24) is 9.80 Å². The number of benzene rings is 1. The average Bonchev–Trinajstić information content (AvgIpc) is 2.91. The number of para-hydroxylation sites is 1. The third kappa shape index (κ3) is 3.45. The van der Waals surface area contributed by atoms with E-state index in [9.17, 15) is 14.7 Å². The summed E-state index contributed by atoms with van der Waals surface area (Å²) in [4.78, 5) is 28.6. The zero-order chi connectivity index (χ0) is 18.7. The van der Waals surface area contributed by atoms with E-state index < -0.39 is 17.7 Å². The van der Waals surface area contributed by atoms with Crippen LogP contribution in [0.1, 0.15) is 18.5 Å². The van der Waals surface area contributed by atoms with Crippen LogP contribution in [0.15, 0.2) is 35.6 Å². The number of hydrogen-bond donors (Lipinski definition) is 1. The van der Waals surface area contributed by atoms with Crippen molar-refractivity contribution < 1.29 is 24.2 Å². The van der Waals surface area contributed by atoms with Crippen LogP contribution in [0.4, 0.5) is 0 Å². The summed E-state index contributed by atoms with van der Waals surface area (Å²) in [5, 5.41) is 10.3. The number of morpholine rings is 1. The maximum absolute atomic E-state index is 12.7. The second kappa shape index (κ2) is 7.88. The number of aliphatic hydroxyl groups is 1. The number of nitrogens with zero attached hydrogens (tertiary/aromatic N) is 2. The van der Waals surface area contributed by atoms with Gasteiger partial charge in [0, 0.05) is 31.7 Å². The fourth-order valence-electron chi connectivity index (χ4n) is 3.53. The third-order valence-electron chi connectivity index (χ3n) is 4.88. The van der Waals surface area contributed by atoms with Gasteiger partial charge >= 0.3 is 0 Å². The number of carbonyl (C=O) groups is 2. The van der Waals surface area contributed by atoms with Gasteiger partial charge in [0.1, 0.15) is 5.75 Å². The number of rotatable bonds is 6. The van der Waals surface area contributed by atoms with Crippen molar-refractivity contribution in [1.29, 1.82) is 0 Å². The Hall–Kier alpha value is -2.38. The maximum atomic E-state index is 12.7. The highest BCUT2D eigenvalue weighted by Crippen LogP contribution is 2.41. The first-order chi connectivity index (χ1) is 12.5. The molecule has 1 fully saturated rings. The Labute approximate surface area is 152 Å². The summed E-state index contributed by atoms with van der Waals surface area (Å²) < 4.78 is 10.8. The minimum atomic E-state index is -0.641. The lowest BCUT2D eigenvalue weighted by Crippen LogP contribution is -2.43. The average molecular weight is 360 g/mol. The topological polar surface area (TPSA) is 79.3 Å². The van der Waals surface area contributed by atoms with E-state index in [1.807, 2.05) is 18.2 Å². The molecule has 140 valence electrons. The number of ether oxygens (including phenoxy) is 2. The SMILES string of the molecule is COc1ccccc1C1C(C(C)=O)=C(O)C(=O)N1CCN1CCOCC1. The van der Waals surface area contributed by atoms with Gasteiger partial charge in [-0.15, -0.1) is 0 Å². The van der Waals surface area contributed by atoms with E-state index in [2.05, 4.69) is 4.90 Å². The van der Waals surface area contributed by atoms with E-state index in [-0.39, 0.29) is 11.4 Å². The summed E-state index contributed by atoms with van der Waals surface area (Å²) >= 11 is 0. The van der Waals surface area contributed by atoms with Crippen molar-refractivity contribution in [3.8, 4) is 5.75 Å². The van der Waals surface area contributed by atoms with Crippen LogP contribution >= 0.6 is 0 Å². The van der Waals surface area contributed by atoms with Crippen molar-refractivity contribution in [2.75, 3.05) is 46.5 Å². The molecule has 0 aliphatic carbocycles. The van der Waals surface area contributed by atoms with E-state index in [1.54, 1.807) is 18.1 Å². The van der Waals surface area contributed by atoms with Gasteiger partial charge in [0.2, 0.25) is 0 Å². The molecule has 1 aromatic rings. The zero-order valence-corrected chi connectivity index (χ0v) is 15.1. The molecular weight excluding hydrogens is 336 g/mol. The molecule has 7 nitrogen and oxygen atoms in total. The number of aliphatic hydroxyl groups excluding tert-OH is 1. The van der Waals surface area contributed by atoms with Gasteiger partial charge in [0.15, 0.2) is 11.5 Å². The molecule has 1 unspecified atom stereocenters. The van der Waals surface area contributed by atoms with Gasteiger partial charge in [0.25, 0.3) is 5.91 Å². The molecule has 0 spiro atoms. The maximum Gasteiger partial charge on any atom is 0.290 e. The molecule has 1 amide bonds. The van der Waals surface area contributed by atoms with E-state index >= 15 is 0 Å². The second-order valence-corrected chi connectivity index (χ2v) is 6.42. The van der Waals surface area contributed by atoms with Gasteiger partial charge in [-0.1, -0.05) is 18.2 Å². The quantitative estimate of drug-likeness (QED) is 0.824. The Morgan fingerprint density at radius 3 is 2.62 bits per heavy atom. The minimum absolute atomic E-state index is 0.126. The van der Waals surface area contributed by atoms with E-state index in [4.69, 9.17) is 9.47 Å². The molecule has 3 rings (SSSR count). The summed E-state index contributed by atoms with van der Waals surface area (Å²) in [6.07, 6.45) is 0. The van der Waals surface area contributed by atoms with Crippen LogP contribution in [0.3, 0.4) is 0 Å². The molecule has 0 radical (unpaired) electrons. The van der Waals surface area contributed by atoms with Gasteiger partial charge in [-0.3, -0.25) is 14.5 Å². The summed E-state index contributed by atoms with van der Waals surface area (Å²) in [5.41, 5.74) is 0.820. The van der Waals surface area contributed by atoms with Crippen LogP contribution in [0.2, 0.25) is 0 Å². The lowest BCUT2D eigenvalue weighted by atomic mass is 9.96. The van der Waals surface area contributed by atoms with Crippen molar-refractivity contribution in [2.45, 2.75) is 13.0 Å². The zero-order valence-electron chi connectivity index (χ0n) is 15.1. The van der Waals surface area contributed by atoms with Crippen LogP contribution in [0.25, 0.3) is 0 Å². The Morgan fingerprint density at radius 2 is 1.96 bits per heavy atom. The molecular formula is C19H24N2O5. The number of methoxy groups -OCH3 is 1. The van der Waals surface area contributed by atoms with Crippen LogP contribution in [0, 0.1) is 0 Å². The summed E-state index contributed by atoms with van der Waals surface area (Å²) in [5.74, 6) is -0.717. The summed E-state index contributed by atoms with van der Waals surface area (Å²) in [7, 11) is 1.55. The van der Waals surface area contributed by atoms with Crippen LogP contribution in [-0.2, 0) is 14.3 Å². The van der Waals surface area contributed by atoms with Crippen molar-refractivity contribution in [2.24, 2.45) is 0 Å². The monoisotopic (exact) mass is 360 g/mol. The molecule has 1 atom stereocenters. The molecule has 0 bridgehead atoms. The van der Waals surface area contributed by atoms with Crippen molar-refractivity contribution >= 4 is 11.7 Å².